The minimum Gasteiger partial charge on any atom is -0.394 e. The molecule has 12 unspecified atom stereocenters. The fourth-order valence-electron chi connectivity index (χ4n) is 7.70. The van der Waals surface area contributed by atoms with Crippen molar-refractivity contribution in [1.82, 2.24) is 5.32 Å². The molecule has 2 aliphatic rings. The number of hydrogen-bond donors (Lipinski definition) is 9. The molecule has 0 aromatic carbocycles. The summed E-state index contributed by atoms with van der Waals surface area (Å²) in [6.07, 6.45) is 18.0. The summed E-state index contributed by atoms with van der Waals surface area (Å²) in [6.45, 7) is 2.69. The Kier molecular flexibility index (Phi) is 30.9. The number of ether oxygens (including phenoxy) is 4. The number of aliphatic hydroxyl groups excluding tert-OH is 8. The van der Waals surface area contributed by atoms with Crippen LogP contribution in [0.5, 0.6) is 0 Å². The van der Waals surface area contributed by atoms with Crippen molar-refractivity contribution in [2.24, 2.45) is 0 Å². The predicted molar refractivity (Wildman–Crippen MR) is 231 cm³/mol. The van der Waals surface area contributed by atoms with Gasteiger partial charge in [-0.15, -0.1) is 0 Å². The number of aliphatic hydroxyl groups is 8. The zero-order valence-electron chi connectivity index (χ0n) is 36.9. The summed E-state index contributed by atoms with van der Waals surface area (Å²) < 4.78 is 22.6. The molecule has 0 aromatic heterocycles. The minimum absolute atomic E-state index is 0.253. The smallest absolute Gasteiger partial charge is 0.220 e. The van der Waals surface area contributed by atoms with E-state index >= 15 is 0 Å². The summed E-state index contributed by atoms with van der Waals surface area (Å²) in [5.41, 5.74) is 0. The highest BCUT2D eigenvalue weighted by Crippen LogP contribution is 2.30. The molecule has 60 heavy (non-hydrogen) atoms. The Hall–Kier alpha value is -1.53. The summed E-state index contributed by atoms with van der Waals surface area (Å²) >= 11 is 0. The zero-order chi connectivity index (χ0) is 44.0. The van der Waals surface area contributed by atoms with Crippen molar-refractivity contribution in [2.75, 3.05) is 19.8 Å². The third-order valence-corrected chi connectivity index (χ3v) is 11.6. The summed E-state index contributed by atoms with van der Waals surface area (Å²) in [5.74, 6) is -0.253. The number of carbonyl (C=O) groups excluding carboxylic acids is 1. The normalized spacial score (nSPS) is 28.4. The molecule has 14 heteroatoms. The number of carbonyl (C=O) groups is 1. The van der Waals surface area contributed by atoms with Gasteiger partial charge in [0, 0.05) is 6.42 Å². The van der Waals surface area contributed by atoms with Crippen molar-refractivity contribution in [2.45, 2.75) is 242 Å². The number of unbranched alkanes of at least 4 members (excludes halogenated alkanes) is 20. The first kappa shape index (κ1) is 54.6. The molecule has 2 saturated heterocycles. The molecule has 0 spiro atoms. The minimum atomic E-state index is -1.79. The van der Waals surface area contributed by atoms with Crippen molar-refractivity contribution in [3.8, 4) is 0 Å². The monoisotopic (exact) mass is 860 g/mol. The molecule has 2 aliphatic heterocycles. The second kappa shape index (κ2) is 34.0. The molecule has 0 saturated carbocycles. The molecular weight excluding hydrogens is 774 g/mol. The van der Waals surface area contributed by atoms with Crippen LogP contribution < -0.4 is 5.32 Å². The van der Waals surface area contributed by atoms with Gasteiger partial charge in [-0.25, -0.2) is 0 Å². The molecule has 2 fully saturated rings. The lowest BCUT2D eigenvalue weighted by atomic mass is 9.97. The SMILES string of the molecule is CCC/C=C\CCCCCCCC(=O)NC(COC1OC(CO)C(OC2OC(CO)C(O)C(O)C2O)C(O)C1O)C(O)/C=C/CCCCCCCCCCCCCCCC. The summed E-state index contributed by atoms with van der Waals surface area (Å²) in [7, 11) is 0. The van der Waals surface area contributed by atoms with Crippen LogP contribution >= 0.6 is 0 Å². The average Bonchev–Trinajstić information content (AvgIpc) is 3.24. The first-order chi connectivity index (χ1) is 29.1. The van der Waals surface area contributed by atoms with E-state index in [0.29, 0.717) is 6.42 Å². The van der Waals surface area contributed by atoms with Gasteiger partial charge < -0.3 is 65.1 Å². The summed E-state index contributed by atoms with van der Waals surface area (Å²) in [6, 6.07) is -0.913. The van der Waals surface area contributed by atoms with Crippen molar-refractivity contribution < 1.29 is 64.6 Å². The number of rotatable bonds is 35. The van der Waals surface area contributed by atoms with Crippen LogP contribution in [0.2, 0.25) is 0 Å². The zero-order valence-corrected chi connectivity index (χ0v) is 36.9. The second-order valence-corrected chi connectivity index (χ2v) is 16.9. The van der Waals surface area contributed by atoms with Crippen molar-refractivity contribution in [3.05, 3.63) is 24.3 Å². The molecule has 0 radical (unpaired) electrons. The molecule has 0 aromatic rings. The maximum Gasteiger partial charge on any atom is 0.220 e. The maximum atomic E-state index is 13.1. The van der Waals surface area contributed by atoms with Crippen LogP contribution in [0.1, 0.15) is 168 Å². The van der Waals surface area contributed by atoms with E-state index < -0.39 is 86.8 Å². The lowest BCUT2D eigenvalue weighted by Gasteiger charge is -2.46. The molecular formula is C46H85NO13. The van der Waals surface area contributed by atoms with Gasteiger partial charge >= 0.3 is 0 Å². The van der Waals surface area contributed by atoms with Gasteiger partial charge in [0.25, 0.3) is 0 Å². The quantitative estimate of drug-likeness (QED) is 0.0303. The molecule has 14 nitrogen and oxygen atoms in total. The van der Waals surface area contributed by atoms with Gasteiger partial charge in [-0.3, -0.25) is 4.79 Å². The maximum absolute atomic E-state index is 13.1. The summed E-state index contributed by atoms with van der Waals surface area (Å²) in [4.78, 5) is 13.1. The van der Waals surface area contributed by atoms with Gasteiger partial charge in [0.2, 0.25) is 5.91 Å². The molecule has 2 heterocycles. The Balaban J connectivity index is 1.89. The van der Waals surface area contributed by atoms with Crippen molar-refractivity contribution in [1.29, 1.82) is 0 Å². The van der Waals surface area contributed by atoms with Crippen molar-refractivity contribution in [3.63, 3.8) is 0 Å². The Morgan fingerprint density at radius 2 is 1.08 bits per heavy atom. The van der Waals surface area contributed by atoms with E-state index in [4.69, 9.17) is 18.9 Å². The topological polar surface area (TPSA) is 228 Å². The first-order valence-corrected chi connectivity index (χ1v) is 23.6. The van der Waals surface area contributed by atoms with E-state index in [0.717, 1.165) is 64.2 Å². The lowest BCUT2D eigenvalue weighted by molar-refractivity contribution is -0.359. The van der Waals surface area contributed by atoms with E-state index in [-0.39, 0.29) is 18.9 Å². The van der Waals surface area contributed by atoms with E-state index in [2.05, 4.69) is 31.3 Å². The highest BCUT2D eigenvalue weighted by Gasteiger charge is 2.50. The second-order valence-electron chi connectivity index (χ2n) is 16.9. The van der Waals surface area contributed by atoms with Crippen LogP contribution in [0.4, 0.5) is 0 Å². The predicted octanol–water partition coefficient (Wildman–Crippen LogP) is 4.99. The number of allylic oxidation sites excluding steroid dienone is 3. The molecule has 0 aliphatic carbocycles. The molecule has 9 N–H and O–H groups in total. The fraction of sp³-hybridized carbons (Fsp3) is 0.891. The lowest BCUT2D eigenvalue weighted by Crippen LogP contribution is -2.65. The number of hydrogen-bond acceptors (Lipinski definition) is 13. The average molecular weight is 860 g/mol. The Morgan fingerprint density at radius 1 is 0.583 bits per heavy atom. The van der Waals surface area contributed by atoms with E-state index in [1.165, 1.54) is 77.0 Å². The van der Waals surface area contributed by atoms with Gasteiger partial charge in [0.15, 0.2) is 12.6 Å². The molecule has 0 bridgehead atoms. The standard InChI is InChI=1S/C46H85NO13/c1-3-5-7-9-11-13-15-16-17-18-19-20-21-23-25-27-29-35(50)34(47-38(51)30-28-26-24-22-14-12-10-8-6-4-2)33-57-45-43(56)41(54)44(37(32-49)59-45)60-46-42(55)40(53)39(52)36(31-48)58-46/h8,10,27,29,34-37,39-46,48-50,52-56H,3-7,9,11-26,28,30-33H2,1-2H3,(H,47,51)/b10-8-,29-27+. The largest absolute Gasteiger partial charge is 0.394 e. The highest BCUT2D eigenvalue weighted by atomic mass is 16.7. The van der Waals surface area contributed by atoms with Crippen LogP contribution in [0.15, 0.2) is 24.3 Å². The third-order valence-electron chi connectivity index (χ3n) is 11.6. The van der Waals surface area contributed by atoms with Gasteiger partial charge in [-0.1, -0.05) is 147 Å². The van der Waals surface area contributed by atoms with E-state index in [9.17, 15) is 45.6 Å². The van der Waals surface area contributed by atoms with E-state index in [1.807, 2.05) is 6.08 Å². The van der Waals surface area contributed by atoms with Crippen molar-refractivity contribution >= 4 is 5.91 Å². The van der Waals surface area contributed by atoms with Crippen LogP contribution in [0.3, 0.4) is 0 Å². The first-order valence-electron chi connectivity index (χ1n) is 23.6. The van der Waals surface area contributed by atoms with E-state index in [1.54, 1.807) is 6.08 Å². The third kappa shape index (κ3) is 21.7. The van der Waals surface area contributed by atoms with Crippen LogP contribution in [-0.4, -0.2) is 140 Å². The molecule has 1 amide bonds. The number of nitrogens with one attached hydrogen (secondary N) is 1. The molecule has 352 valence electrons. The van der Waals surface area contributed by atoms with Crippen LogP contribution in [-0.2, 0) is 23.7 Å². The van der Waals surface area contributed by atoms with Gasteiger partial charge in [-0.05, 0) is 38.5 Å². The van der Waals surface area contributed by atoms with Crippen LogP contribution in [0.25, 0.3) is 0 Å². The van der Waals surface area contributed by atoms with Gasteiger partial charge in [0.1, 0.15) is 48.8 Å². The molecule has 12 atom stereocenters. The fourth-order valence-corrected chi connectivity index (χ4v) is 7.70. The Labute approximate surface area is 360 Å². The molecule has 2 rings (SSSR count). The van der Waals surface area contributed by atoms with Crippen LogP contribution in [0, 0.1) is 0 Å². The highest BCUT2D eigenvalue weighted by molar-refractivity contribution is 5.76. The Morgan fingerprint density at radius 3 is 1.65 bits per heavy atom. The van der Waals surface area contributed by atoms with Gasteiger partial charge in [0.05, 0.1) is 32.0 Å². The Bertz CT molecular complexity index is 1110. The summed E-state index contributed by atoms with van der Waals surface area (Å²) in [5, 5.41) is 86.4. The number of amides is 1. The van der Waals surface area contributed by atoms with Gasteiger partial charge in [-0.2, -0.15) is 0 Å².